The summed E-state index contributed by atoms with van der Waals surface area (Å²) in [6.07, 6.45) is 0.233. The highest BCUT2D eigenvalue weighted by molar-refractivity contribution is 5.99. The first-order valence-electron chi connectivity index (χ1n) is 7.38. The van der Waals surface area contributed by atoms with Gasteiger partial charge in [0.05, 0.1) is 38.2 Å². The average Bonchev–Trinajstić information content (AvgIpc) is 3.00. The van der Waals surface area contributed by atoms with Crippen LogP contribution >= 0.6 is 0 Å². The van der Waals surface area contributed by atoms with Crippen molar-refractivity contribution in [3.63, 3.8) is 0 Å². The molecule has 1 heterocycles. The molecule has 0 atom stereocenters. The number of rotatable bonds is 4. The van der Waals surface area contributed by atoms with Gasteiger partial charge in [-0.25, -0.2) is 0 Å². The number of fused-ring (bicyclic) bond motifs is 1. The molecule has 3 rings (SSSR count). The van der Waals surface area contributed by atoms with Crippen LogP contribution in [0.3, 0.4) is 0 Å². The number of non-ortho nitro benzene ring substituents is 2. The third-order valence-electron chi connectivity index (χ3n) is 3.58. The highest BCUT2D eigenvalue weighted by Crippen LogP contribution is 2.38. The highest BCUT2D eigenvalue weighted by Gasteiger charge is 2.30. The number of hydrogen-bond acceptors (Lipinski definition) is 10. The Labute approximate surface area is 158 Å². The van der Waals surface area contributed by atoms with Crippen LogP contribution in [0.4, 0.5) is 28.4 Å². The fraction of sp³-hybridized carbons (Fsp3) is 0.0714. The first kappa shape index (κ1) is 20.6. The SMILES string of the molecule is O=C1Cc2cc([N+](=O)[O-])ccc2N1.O=[N+]([O-])c1cc([N+](=O)[O-])c(O)c([N+](=O)[O-])c1. The van der Waals surface area contributed by atoms with Gasteiger partial charge in [0.25, 0.3) is 17.1 Å². The molecule has 0 aromatic heterocycles. The van der Waals surface area contributed by atoms with Gasteiger partial charge in [-0.05, 0) is 11.6 Å². The summed E-state index contributed by atoms with van der Waals surface area (Å²) < 4.78 is 0. The molecule has 1 aliphatic heterocycles. The summed E-state index contributed by atoms with van der Waals surface area (Å²) in [7, 11) is 0. The van der Waals surface area contributed by atoms with Crippen LogP contribution in [-0.2, 0) is 11.2 Å². The van der Waals surface area contributed by atoms with Gasteiger partial charge < -0.3 is 10.4 Å². The Morgan fingerprint density at radius 1 is 0.793 bits per heavy atom. The molecule has 0 saturated carbocycles. The van der Waals surface area contributed by atoms with Crippen molar-refractivity contribution in [1.29, 1.82) is 0 Å². The van der Waals surface area contributed by atoms with E-state index in [1.807, 2.05) is 0 Å². The van der Waals surface area contributed by atoms with E-state index in [4.69, 9.17) is 5.11 Å². The van der Waals surface area contributed by atoms with Crippen molar-refractivity contribution in [1.82, 2.24) is 0 Å². The second kappa shape index (κ2) is 7.91. The van der Waals surface area contributed by atoms with E-state index in [0.29, 0.717) is 23.4 Å². The van der Waals surface area contributed by atoms with E-state index in [1.165, 1.54) is 12.1 Å². The molecule has 0 aliphatic carbocycles. The number of phenols is 1. The Morgan fingerprint density at radius 3 is 1.76 bits per heavy atom. The summed E-state index contributed by atoms with van der Waals surface area (Å²) in [4.78, 5) is 48.6. The Kier molecular flexibility index (Phi) is 5.62. The fourth-order valence-corrected chi connectivity index (χ4v) is 2.30. The number of benzene rings is 2. The minimum absolute atomic E-state index is 0.0234. The highest BCUT2D eigenvalue weighted by atomic mass is 16.6. The Bertz CT molecular complexity index is 1030. The largest absolute Gasteiger partial charge is 0.497 e. The van der Waals surface area contributed by atoms with Crippen LogP contribution in [0.5, 0.6) is 5.75 Å². The van der Waals surface area contributed by atoms with Gasteiger partial charge in [-0.15, -0.1) is 0 Å². The third-order valence-corrected chi connectivity index (χ3v) is 3.58. The van der Waals surface area contributed by atoms with Gasteiger partial charge in [0.2, 0.25) is 5.91 Å². The van der Waals surface area contributed by atoms with Crippen LogP contribution in [0.2, 0.25) is 0 Å². The Morgan fingerprint density at radius 2 is 1.31 bits per heavy atom. The second-order valence-corrected chi connectivity index (χ2v) is 5.43. The van der Waals surface area contributed by atoms with Gasteiger partial charge >= 0.3 is 11.4 Å². The minimum Gasteiger partial charge on any atom is -0.497 e. The van der Waals surface area contributed by atoms with E-state index in [9.17, 15) is 45.3 Å². The number of phenolic OH excluding ortho intramolecular Hbond substituents is 1. The number of anilines is 1. The molecule has 0 saturated heterocycles. The van der Waals surface area contributed by atoms with Crippen LogP contribution in [0.1, 0.15) is 5.56 Å². The zero-order valence-corrected chi connectivity index (χ0v) is 14.0. The van der Waals surface area contributed by atoms with Crippen LogP contribution in [-0.4, -0.2) is 30.7 Å². The number of carbonyl (C=O) groups excluding carboxylic acids is 1. The van der Waals surface area contributed by atoms with Gasteiger partial charge in [-0.3, -0.25) is 45.3 Å². The number of carbonyl (C=O) groups is 1. The number of nitro groups is 4. The first-order chi connectivity index (χ1) is 13.5. The van der Waals surface area contributed by atoms with Gasteiger partial charge in [0.1, 0.15) is 0 Å². The van der Waals surface area contributed by atoms with Crippen molar-refractivity contribution in [3.8, 4) is 5.75 Å². The lowest BCUT2D eigenvalue weighted by molar-refractivity contribution is -0.404. The topological polar surface area (TPSA) is 222 Å². The molecule has 1 amide bonds. The molecule has 15 heteroatoms. The predicted molar refractivity (Wildman–Crippen MR) is 93.5 cm³/mol. The molecule has 1 aliphatic rings. The van der Waals surface area contributed by atoms with Crippen LogP contribution < -0.4 is 5.32 Å². The van der Waals surface area contributed by atoms with Crippen molar-refractivity contribution in [2.24, 2.45) is 0 Å². The lowest BCUT2D eigenvalue weighted by atomic mass is 10.1. The molecule has 150 valence electrons. The molecule has 0 unspecified atom stereocenters. The number of amides is 1. The Hall–Kier alpha value is -4.69. The molecule has 2 aromatic carbocycles. The maximum atomic E-state index is 10.9. The van der Waals surface area contributed by atoms with Crippen molar-refractivity contribution in [2.75, 3.05) is 5.32 Å². The number of aromatic hydroxyl groups is 1. The molecule has 2 N–H and O–H groups in total. The zero-order valence-electron chi connectivity index (χ0n) is 14.0. The van der Waals surface area contributed by atoms with Crippen LogP contribution in [0.25, 0.3) is 0 Å². The number of nitro benzene ring substituents is 4. The standard InChI is InChI=1S/C8H6N2O3.C6H3N3O7/c11-8-4-5-3-6(10(12)13)1-2-7(5)9-8;10-6-4(8(13)14)1-3(7(11)12)2-5(6)9(15)16/h1-3H,4H2,(H,9,11);1-2,10H. The van der Waals surface area contributed by atoms with Crippen LogP contribution in [0.15, 0.2) is 30.3 Å². The number of nitrogens with one attached hydrogen (secondary N) is 1. The quantitative estimate of drug-likeness (QED) is 0.555. The zero-order chi connectivity index (χ0) is 21.9. The van der Waals surface area contributed by atoms with E-state index < -0.39 is 42.5 Å². The molecule has 0 spiro atoms. The van der Waals surface area contributed by atoms with E-state index in [0.717, 1.165) is 0 Å². The van der Waals surface area contributed by atoms with Crippen molar-refractivity contribution < 1.29 is 29.6 Å². The van der Waals surface area contributed by atoms with Crippen molar-refractivity contribution in [3.05, 3.63) is 76.4 Å². The molecule has 15 nitrogen and oxygen atoms in total. The maximum absolute atomic E-state index is 10.9. The van der Waals surface area contributed by atoms with E-state index in [1.54, 1.807) is 6.07 Å². The summed E-state index contributed by atoms with van der Waals surface area (Å²) in [5, 5.41) is 53.2. The summed E-state index contributed by atoms with van der Waals surface area (Å²) in [5.41, 5.74) is -1.61. The normalized spacial score (nSPS) is 11.5. The van der Waals surface area contributed by atoms with Gasteiger partial charge in [0.15, 0.2) is 0 Å². The van der Waals surface area contributed by atoms with Crippen molar-refractivity contribution >= 4 is 34.3 Å². The molecule has 0 bridgehead atoms. The van der Waals surface area contributed by atoms with Gasteiger partial charge in [-0.1, -0.05) is 0 Å². The van der Waals surface area contributed by atoms with Gasteiger partial charge in [0, 0.05) is 17.8 Å². The smallest absolute Gasteiger partial charge is 0.324 e. The Balaban J connectivity index is 0.000000211. The molecule has 2 aromatic rings. The first-order valence-corrected chi connectivity index (χ1v) is 7.38. The minimum atomic E-state index is -1.21. The fourth-order valence-electron chi connectivity index (χ4n) is 2.30. The summed E-state index contributed by atoms with van der Waals surface area (Å²) in [5.74, 6) is -1.32. The summed E-state index contributed by atoms with van der Waals surface area (Å²) in [6, 6.07) is 5.25. The molecule has 0 fully saturated rings. The summed E-state index contributed by atoms with van der Waals surface area (Å²) >= 11 is 0. The number of nitrogens with zero attached hydrogens (tertiary/aromatic N) is 4. The van der Waals surface area contributed by atoms with E-state index in [2.05, 4.69) is 5.32 Å². The lowest BCUT2D eigenvalue weighted by Gasteiger charge is -1.97. The maximum Gasteiger partial charge on any atom is 0.324 e. The molecule has 0 radical (unpaired) electrons. The monoisotopic (exact) mass is 407 g/mol. The second-order valence-electron chi connectivity index (χ2n) is 5.43. The van der Waals surface area contributed by atoms with Crippen LogP contribution in [0, 0.1) is 40.5 Å². The predicted octanol–water partition coefficient (Wildman–Crippen LogP) is 2.21. The molecule has 29 heavy (non-hydrogen) atoms. The van der Waals surface area contributed by atoms with Crippen molar-refractivity contribution in [2.45, 2.75) is 6.42 Å². The van der Waals surface area contributed by atoms with E-state index >= 15 is 0 Å². The molecular weight excluding hydrogens is 398 g/mol. The third kappa shape index (κ3) is 4.54. The average molecular weight is 407 g/mol. The molecular formula is C14H9N5O10. The summed E-state index contributed by atoms with van der Waals surface area (Å²) in [6.45, 7) is 0. The van der Waals surface area contributed by atoms with Gasteiger partial charge in [-0.2, -0.15) is 0 Å². The lowest BCUT2D eigenvalue weighted by Crippen LogP contribution is -2.03. The van der Waals surface area contributed by atoms with E-state index in [-0.39, 0.29) is 18.0 Å². The number of hydrogen-bond donors (Lipinski definition) is 2.